The zero-order valence-electron chi connectivity index (χ0n) is 12.2. The van der Waals surface area contributed by atoms with Gasteiger partial charge in [0.25, 0.3) is 0 Å². The van der Waals surface area contributed by atoms with Crippen LogP contribution >= 0.6 is 0 Å². The number of hydrogen-bond donors (Lipinski definition) is 1. The Morgan fingerprint density at radius 1 is 1.19 bits per heavy atom. The van der Waals surface area contributed by atoms with E-state index in [1.807, 2.05) is 32.0 Å². The van der Waals surface area contributed by atoms with Gasteiger partial charge in [0.2, 0.25) is 0 Å². The highest BCUT2D eigenvalue weighted by molar-refractivity contribution is 6.02. The van der Waals surface area contributed by atoms with E-state index in [0.717, 1.165) is 22.8 Å². The number of carboxylic acid groups (broad SMARTS) is 1. The molecule has 110 valence electrons. The number of ketones is 1. The maximum absolute atomic E-state index is 12.1. The lowest BCUT2D eigenvalue weighted by atomic mass is 9.97. The molecule has 0 saturated heterocycles. The molecule has 0 fully saturated rings. The molecule has 0 aromatic heterocycles. The minimum Gasteiger partial charge on any atom is -0.481 e. The van der Waals surface area contributed by atoms with Gasteiger partial charge in [-0.3, -0.25) is 4.79 Å². The molecule has 2 rings (SSSR count). The lowest BCUT2D eigenvalue weighted by Gasteiger charge is -2.11. The van der Waals surface area contributed by atoms with Gasteiger partial charge in [-0.05, 0) is 42.5 Å². The Bertz CT molecular complexity index is 688. The van der Waals surface area contributed by atoms with Gasteiger partial charge in [0, 0.05) is 17.4 Å². The summed E-state index contributed by atoms with van der Waals surface area (Å²) in [5.74, 6) is -0.443. The van der Waals surface area contributed by atoms with Gasteiger partial charge in [-0.15, -0.1) is 0 Å². The zero-order valence-corrected chi connectivity index (χ0v) is 12.2. The van der Waals surface area contributed by atoms with E-state index in [1.54, 1.807) is 12.1 Å². The average molecular weight is 286 g/mol. The van der Waals surface area contributed by atoms with Crippen LogP contribution < -0.4 is 4.74 Å². The summed E-state index contributed by atoms with van der Waals surface area (Å²) in [5, 5.41) is 10.5. The molecule has 4 nitrogen and oxygen atoms in total. The Kier molecular flexibility index (Phi) is 4.58. The standard InChI is InChI=1S/C17H18O4/c1-3-5-15(18)12-8-11(2)13-6-4-7-16(14(13)9-12)21-10-17(19)20/h4,6-9H,3,5,10H2,1-2H3,(H,19,20). The summed E-state index contributed by atoms with van der Waals surface area (Å²) in [6.45, 7) is 3.50. The molecule has 0 amide bonds. The second-order valence-corrected chi connectivity index (χ2v) is 5.00. The van der Waals surface area contributed by atoms with Gasteiger partial charge in [0.1, 0.15) is 5.75 Å². The highest BCUT2D eigenvalue weighted by atomic mass is 16.5. The number of Topliss-reactive ketones (excluding diaryl/α,β-unsaturated/α-hetero) is 1. The highest BCUT2D eigenvalue weighted by Gasteiger charge is 2.11. The maximum Gasteiger partial charge on any atom is 0.341 e. The largest absolute Gasteiger partial charge is 0.481 e. The van der Waals surface area contributed by atoms with E-state index in [2.05, 4.69) is 0 Å². The Hall–Kier alpha value is -2.36. The lowest BCUT2D eigenvalue weighted by Crippen LogP contribution is -2.09. The normalized spacial score (nSPS) is 10.6. The van der Waals surface area contributed by atoms with Crippen molar-refractivity contribution in [1.82, 2.24) is 0 Å². The molecular weight excluding hydrogens is 268 g/mol. The summed E-state index contributed by atoms with van der Waals surface area (Å²) in [5.41, 5.74) is 1.63. The van der Waals surface area contributed by atoms with Crippen molar-refractivity contribution >= 4 is 22.5 Å². The van der Waals surface area contributed by atoms with Crippen molar-refractivity contribution < 1.29 is 19.4 Å². The van der Waals surface area contributed by atoms with E-state index in [0.29, 0.717) is 17.7 Å². The Balaban J connectivity index is 2.50. The first-order chi connectivity index (χ1) is 10.0. The molecule has 0 aliphatic rings. The number of aliphatic carboxylic acids is 1. The first-order valence-electron chi connectivity index (χ1n) is 6.94. The Labute approximate surface area is 123 Å². The Morgan fingerprint density at radius 3 is 2.62 bits per heavy atom. The number of rotatable bonds is 6. The van der Waals surface area contributed by atoms with Crippen molar-refractivity contribution in [3.05, 3.63) is 41.5 Å². The molecule has 0 atom stereocenters. The second-order valence-electron chi connectivity index (χ2n) is 5.00. The van der Waals surface area contributed by atoms with Crippen LogP contribution in [0.4, 0.5) is 0 Å². The number of ether oxygens (including phenoxy) is 1. The molecule has 0 heterocycles. The zero-order chi connectivity index (χ0) is 15.4. The number of carboxylic acids is 1. The molecule has 0 aliphatic heterocycles. The van der Waals surface area contributed by atoms with Crippen molar-refractivity contribution in [2.24, 2.45) is 0 Å². The number of fused-ring (bicyclic) bond motifs is 1. The van der Waals surface area contributed by atoms with Gasteiger partial charge < -0.3 is 9.84 Å². The predicted octanol–water partition coefficient (Wildman–Crippen LogP) is 3.59. The maximum atomic E-state index is 12.1. The third kappa shape index (κ3) is 3.40. The first-order valence-corrected chi connectivity index (χ1v) is 6.94. The number of aryl methyl sites for hydroxylation is 1. The summed E-state index contributed by atoms with van der Waals surface area (Å²) < 4.78 is 5.32. The topological polar surface area (TPSA) is 63.6 Å². The van der Waals surface area contributed by atoms with Crippen molar-refractivity contribution in [2.45, 2.75) is 26.7 Å². The van der Waals surface area contributed by atoms with Crippen LogP contribution in [0.1, 0.15) is 35.7 Å². The molecule has 0 unspecified atom stereocenters. The van der Waals surface area contributed by atoms with E-state index in [4.69, 9.17) is 9.84 Å². The molecule has 4 heteroatoms. The van der Waals surface area contributed by atoms with Crippen LogP contribution in [0.3, 0.4) is 0 Å². The summed E-state index contributed by atoms with van der Waals surface area (Å²) in [7, 11) is 0. The first kappa shape index (κ1) is 15.0. The van der Waals surface area contributed by atoms with Gasteiger partial charge in [0.05, 0.1) is 0 Å². The number of hydrogen-bond acceptors (Lipinski definition) is 3. The summed E-state index contributed by atoms with van der Waals surface area (Å²) >= 11 is 0. The van der Waals surface area contributed by atoms with E-state index < -0.39 is 12.6 Å². The second kappa shape index (κ2) is 6.39. The lowest BCUT2D eigenvalue weighted by molar-refractivity contribution is -0.139. The SMILES string of the molecule is CCCC(=O)c1cc(C)c2cccc(OCC(=O)O)c2c1. The van der Waals surface area contributed by atoms with Crippen molar-refractivity contribution in [3.8, 4) is 5.75 Å². The van der Waals surface area contributed by atoms with Crippen LogP contribution in [0.2, 0.25) is 0 Å². The van der Waals surface area contributed by atoms with E-state index in [9.17, 15) is 9.59 Å². The molecular formula is C17H18O4. The van der Waals surface area contributed by atoms with Crippen LogP contribution in [0.5, 0.6) is 5.75 Å². The number of carbonyl (C=O) groups is 2. The summed E-state index contributed by atoms with van der Waals surface area (Å²) in [6.07, 6.45) is 1.30. The van der Waals surface area contributed by atoms with Gasteiger partial charge in [-0.1, -0.05) is 19.1 Å². The molecule has 21 heavy (non-hydrogen) atoms. The van der Waals surface area contributed by atoms with Crippen molar-refractivity contribution in [1.29, 1.82) is 0 Å². The van der Waals surface area contributed by atoms with Gasteiger partial charge in [-0.2, -0.15) is 0 Å². The van der Waals surface area contributed by atoms with E-state index in [-0.39, 0.29) is 5.78 Å². The summed E-state index contributed by atoms with van der Waals surface area (Å²) in [4.78, 5) is 22.7. The average Bonchev–Trinajstić information content (AvgIpc) is 2.45. The predicted molar refractivity (Wildman–Crippen MR) is 81.1 cm³/mol. The molecule has 2 aromatic carbocycles. The van der Waals surface area contributed by atoms with Crippen LogP contribution in [0.25, 0.3) is 10.8 Å². The summed E-state index contributed by atoms with van der Waals surface area (Å²) in [6, 6.07) is 9.14. The van der Waals surface area contributed by atoms with Crippen molar-refractivity contribution in [2.75, 3.05) is 6.61 Å². The van der Waals surface area contributed by atoms with Crippen LogP contribution in [0.15, 0.2) is 30.3 Å². The monoisotopic (exact) mass is 286 g/mol. The van der Waals surface area contributed by atoms with Gasteiger partial charge in [-0.25, -0.2) is 4.79 Å². The molecule has 0 bridgehead atoms. The minimum absolute atomic E-state index is 0.0931. The van der Waals surface area contributed by atoms with Crippen molar-refractivity contribution in [3.63, 3.8) is 0 Å². The minimum atomic E-state index is -1.03. The smallest absolute Gasteiger partial charge is 0.341 e. The fourth-order valence-corrected chi connectivity index (χ4v) is 2.34. The van der Waals surface area contributed by atoms with E-state index >= 15 is 0 Å². The highest BCUT2D eigenvalue weighted by Crippen LogP contribution is 2.29. The van der Waals surface area contributed by atoms with Gasteiger partial charge in [0.15, 0.2) is 12.4 Å². The van der Waals surface area contributed by atoms with Crippen LogP contribution in [-0.4, -0.2) is 23.5 Å². The number of benzene rings is 2. The molecule has 0 saturated carbocycles. The van der Waals surface area contributed by atoms with Gasteiger partial charge >= 0.3 is 5.97 Å². The Morgan fingerprint density at radius 2 is 1.95 bits per heavy atom. The van der Waals surface area contributed by atoms with Crippen LogP contribution in [0, 0.1) is 6.92 Å². The third-order valence-electron chi connectivity index (χ3n) is 3.31. The fraction of sp³-hybridized carbons (Fsp3) is 0.294. The number of carbonyl (C=O) groups excluding carboxylic acids is 1. The molecule has 0 spiro atoms. The molecule has 1 N–H and O–H groups in total. The van der Waals surface area contributed by atoms with Crippen LogP contribution in [-0.2, 0) is 4.79 Å². The van der Waals surface area contributed by atoms with E-state index in [1.165, 1.54) is 0 Å². The molecule has 0 aliphatic carbocycles. The quantitative estimate of drug-likeness (QED) is 0.824. The molecule has 2 aromatic rings. The fourth-order valence-electron chi connectivity index (χ4n) is 2.34. The molecule has 0 radical (unpaired) electrons. The third-order valence-corrected chi connectivity index (χ3v) is 3.31.